The van der Waals surface area contributed by atoms with Crippen LogP contribution in [-0.2, 0) is 6.42 Å². The number of carboxylic acid groups (broad SMARTS) is 1. The van der Waals surface area contributed by atoms with E-state index in [1.807, 2.05) is 6.07 Å². The molecule has 0 aromatic heterocycles. The van der Waals surface area contributed by atoms with E-state index in [0.29, 0.717) is 5.69 Å². The van der Waals surface area contributed by atoms with Crippen molar-refractivity contribution in [3.63, 3.8) is 0 Å². The standard InChI is InChI=1S/C11H15NO2/c1-2-3-4-8-5-6-9(11(13)14)10(12)7-8/h5-7H,2-4,12H2,1H3,(H,13,14). The van der Waals surface area contributed by atoms with Crippen molar-refractivity contribution in [3.8, 4) is 0 Å². The van der Waals surface area contributed by atoms with Gasteiger partial charge in [-0.25, -0.2) is 4.79 Å². The Morgan fingerprint density at radius 1 is 1.50 bits per heavy atom. The number of anilines is 1. The molecule has 0 amide bonds. The zero-order valence-electron chi connectivity index (χ0n) is 8.29. The summed E-state index contributed by atoms with van der Waals surface area (Å²) in [5, 5.41) is 8.75. The molecule has 1 rings (SSSR count). The van der Waals surface area contributed by atoms with Gasteiger partial charge in [-0.1, -0.05) is 19.4 Å². The molecule has 1 aromatic carbocycles. The van der Waals surface area contributed by atoms with Crippen molar-refractivity contribution in [2.24, 2.45) is 0 Å². The van der Waals surface area contributed by atoms with Crippen LogP contribution in [-0.4, -0.2) is 11.1 Å². The molecule has 0 saturated carbocycles. The van der Waals surface area contributed by atoms with E-state index < -0.39 is 5.97 Å². The van der Waals surface area contributed by atoms with Crippen molar-refractivity contribution in [3.05, 3.63) is 29.3 Å². The average molecular weight is 193 g/mol. The third-order valence-electron chi connectivity index (χ3n) is 2.17. The van der Waals surface area contributed by atoms with Crippen molar-refractivity contribution < 1.29 is 9.90 Å². The van der Waals surface area contributed by atoms with Crippen molar-refractivity contribution in [1.29, 1.82) is 0 Å². The normalized spacial score (nSPS) is 10.1. The Labute approximate surface area is 83.6 Å². The van der Waals surface area contributed by atoms with Gasteiger partial charge < -0.3 is 10.8 Å². The number of aromatic carboxylic acids is 1. The molecule has 76 valence electrons. The molecule has 3 heteroatoms. The minimum absolute atomic E-state index is 0.185. The first-order chi connectivity index (χ1) is 6.65. The van der Waals surface area contributed by atoms with Crippen molar-refractivity contribution in [2.75, 3.05) is 5.73 Å². The highest BCUT2D eigenvalue weighted by molar-refractivity contribution is 5.93. The Bertz CT molecular complexity index is 334. The van der Waals surface area contributed by atoms with Gasteiger partial charge in [0.15, 0.2) is 0 Å². The molecule has 0 heterocycles. The fourth-order valence-electron chi connectivity index (χ4n) is 1.34. The lowest BCUT2D eigenvalue weighted by molar-refractivity contribution is 0.0698. The van der Waals surface area contributed by atoms with Gasteiger partial charge in [-0.3, -0.25) is 0 Å². The molecular formula is C11H15NO2. The van der Waals surface area contributed by atoms with Crippen molar-refractivity contribution >= 4 is 11.7 Å². The minimum atomic E-state index is -0.968. The van der Waals surface area contributed by atoms with Crippen LogP contribution in [0.15, 0.2) is 18.2 Å². The molecule has 0 saturated heterocycles. The number of carbonyl (C=O) groups is 1. The second-order valence-electron chi connectivity index (χ2n) is 3.33. The fourth-order valence-corrected chi connectivity index (χ4v) is 1.34. The van der Waals surface area contributed by atoms with E-state index in [4.69, 9.17) is 10.8 Å². The van der Waals surface area contributed by atoms with E-state index in [2.05, 4.69) is 6.92 Å². The van der Waals surface area contributed by atoms with Crippen LogP contribution in [0.4, 0.5) is 5.69 Å². The topological polar surface area (TPSA) is 63.3 Å². The lowest BCUT2D eigenvalue weighted by Gasteiger charge is -2.04. The van der Waals surface area contributed by atoms with Crippen LogP contribution in [0.3, 0.4) is 0 Å². The maximum atomic E-state index is 10.7. The number of rotatable bonds is 4. The summed E-state index contributed by atoms with van der Waals surface area (Å²) in [5.74, 6) is -0.968. The van der Waals surface area contributed by atoms with Gasteiger partial charge in [0, 0.05) is 5.69 Å². The summed E-state index contributed by atoms with van der Waals surface area (Å²) in [6.07, 6.45) is 3.19. The SMILES string of the molecule is CCCCc1ccc(C(=O)O)c(N)c1. The van der Waals surface area contributed by atoms with Gasteiger partial charge in [-0.2, -0.15) is 0 Å². The lowest BCUT2D eigenvalue weighted by Crippen LogP contribution is -2.02. The molecule has 0 radical (unpaired) electrons. The number of benzene rings is 1. The molecule has 3 nitrogen and oxygen atoms in total. The summed E-state index contributed by atoms with van der Waals surface area (Å²) < 4.78 is 0. The van der Waals surface area contributed by atoms with E-state index in [0.717, 1.165) is 24.8 Å². The van der Waals surface area contributed by atoms with Gasteiger partial charge in [0.25, 0.3) is 0 Å². The van der Waals surface area contributed by atoms with Crippen LogP contribution in [0.1, 0.15) is 35.7 Å². The molecule has 0 atom stereocenters. The van der Waals surface area contributed by atoms with Crippen LogP contribution >= 0.6 is 0 Å². The van der Waals surface area contributed by atoms with Gasteiger partial charge in [0.05, 0.1) is 5.56 Å². The number of hydrogen-bond acceptors (Lipinski definition) is 2. The lowest BCUT2D eigenvalue weighted by atomic mass is 10.0. The summed E-state index contributed by atoms with van der Waals surface area (Å²) in [7, 11) is 0. The second kappa shape index (κ2) is 4.65. The Morgan fingerprint density at radius 2 is 2.21 bits per heavy atom. The third-order valence-corrected chi connectivity index (χ3v) is 2.17. The Kier molecular flexibility index (Phi) is 3.51. The highest BCUT2D eigenvalue weighted by atomic mass is 16.4. The first-order valence-corrected chi connectivity index (χ1v) is 4.77. The van der Waals surface area contributed by atoms with Gasteiger partial charge >= 0.3 is 5.97 Å². The van der Waals surface area contributed by atoms with Crippen LogP contribution in [0, 0.1) is 0 Å². The van der Waals surface area contributed by atoms with E-state index in [9.17, 15) is 4.79 Å². The smallest absolute Gasteiger partial charge is 0.337 e. The van der Waals surface area contributed by atoms with Gasteiger partial charge in [0.2, 0.25) is 0 Å². The number of carboxylic acids is 1. The zero-order valence-corrected chi connectivity index (χ0v) is 8.29. The molecule has 0 fully saturated rings. The molecule has 14 heavy (non-hydrogen) atoms. The van der Waals surface area contributed by atoms with Crippen LogP contribution < -0.4 is 5.73 Å². The highest BCUT2D eigenvalue weighted by Gasteiger charge is 2.07. The number of nitrogens with two attached hydrogens (primary N) is 1. The molecule has 1 aromatic rings. The van der Waals surface area contributed by atoms with E-state index in [1.165, 1.54) is 0 Å². The molecule has 0 bridgehead atoms. The number of aryl methyl sites for hydroxylation is 1. The average Bonchev–Trinajstić information content (AvgIpc) is 2.14. The summed E-state index contributed by atoms with van der Waals surface area (Å²) in [6, 6.07) is 5.15. The number of unbranched alkanes of at least 4 members (excludes halogenated alkanes) is 1. The summed E-state index contributed by atoms with van der Waals surface area (Å²) in [6.45, 7) is 2.12. The predicted octanol–water partition coefficient (Wildman–Crippen LogP) is 2.31. The first-order valence-electron chi connectivity index (χ1n) is 4.77. The summed E-state index contributed by atoms with van der Waals surface area (Å²) in [4.78, 5) is 10.7. The quantitative estimate of drug-likeness (QED) is 0.721. The number of nitrogen functional groups attached to an aromatic ring is 1. The molecule has 0 aliphatic heterocycles. The Morgan fingerprint density at radius 3 is 2.71 bits per heavy atom. The largest absolute Gasteiger partial charge is 0.478 e. The Balaban J connectivity index is 2.83. The molecule has 0 unspecified atom stereocenters. The monoisotopic (exact) mass is 193 g/mol. The van der Waals surface area contributed by atoms with E-state index in [1.54, 1.807) is 12.1 Å². The summed E-state index contributed by atoms with van der Waals surface area (Å²) >= 11 is 0. The van der Waals surface area contributed by atoms with Crippen LogP contribution in [0.5, 0.6) is 0 Å². The predicted molar refractivity (Wildman–Crippen MR) is 56.4 cm³/mol. The van der Waals surface area contributed by atoms with Crippen LogP contribution in [0.25, 0.3) is 0 Å². The zero-order chi connectivity index (χ0) is 10.6. The molecular weight excluding hydrogens is 178 g/mol. The van der Waals surface area contributed by atoms with Gasteiger partial charge in [0.1, 0.15) is 0 Å². The van der Waals surface area contributed by atoms with Gasteiger partial charge in [-0.15, -0.1) is 0 Å². The highest BCUT2D eigenvalue weighted by Crippen LogP contribution is 2.15. The maximum absolute atomic E-state index is 10.7. The fraction of sp³-hybridized carbons (Fsp3) is 0.364. The van der Waals surface area contributed by atoms with Crippen molar-refractivity contribution in [2.45, 2.75) is 26.2 Å². The molecule has 0 aliphatic carbocycles. The maximum Gasteiger partial charge on any atom is 0.337 e. The van der Waals surface area contributed by atoms with E-state index in [-0.39, 0.29) is 5.56 Å². The third kappa shape index (κ3) is 2.49. The molecule has 0 aliphatic rings. The minimum Gasteiger partial charge on any atom is -0.478 e. The van der Waals surface area contributed by atoms with E-state index >= 15 is 0 Å². The van der Waals surface area contributed by atoms with Gasteiger partial charge in [-0.05, 0) is 30.5 Å². The van der Waals surface area contributed by atoms with Crippen molar-refractivity contribution in [1.82, 2.24) is 0 Å². The first kappa shape index (κ1) is 10.6. The second-order valence-corrected chi connectivity index (χ2v) is 3.33. The molecule has 0 spiro atoms. The van der Waals surface area contributed by atoms with Crippen LogP contribution in [0.2, 0.25) is 0 Å². The summed E-state index contributed by atoms with van der Waals surface area (Å²) in [5.41, 5.74) is 7.26. The number of hydrogen-bond donors (Lipinski definition) is 2. The molecule has 3 N–H and O–H groups in total. The Hall–Kier alpha value is -1.51.